The van der Waals surface area contributed by atoms with Crippen LogP contribution in [-0.4, -0.2) is 36.9 Å². The van der Waals surface area contributed by atoms with Gasteiger partial charge in [-0.15, -0.1) is 0 Å². The molecule has 1 heterocycles. The van der Waals surface area contributed by atoms with Gasteiger partial charge >= 0.3 is 5.69 Å². The number of hydrogen-bond donors (Lipinski definition) is 2. The predicted octanol–water partition coefficient (Wildman–Crippen LogP) is 2.22. The van der Waals surface area contributed by atoms with Gasteiger partial charge in [0.15, 0.2) is 0 Å². The first kappa shape index (κ1) is 20.1. The van der Waals surface area contributed by atoms with Crippen LogP contribution in [0.1, 0.15) is 21.5 Å². The van der Waals surface area contributed by atoms with Crippen molar-refractivity contribution in [3.63, 3.8) is 0 Å². The zero-order chi connectivity index (χ0) is 21.7. The first-order valence-electron chi connectivity index (χ1n) is 8.40. The Morgan fingerprint density at radius 1 is 1.20 bits per heavy atom. The van der Waals surface area contributed by atoms with Crippen molar-refractivity contribution in [2.75, 3.05) is 0 Å². The lowest BCUT2D eigenvalue weighted by molar-refractivity contribution is -0.394. The number of non-ortho nitro benzene ring substituents is 1. The molecular formula is C18H14N6O6. The van der Waals surface area contributed by atoms with Crippen LogP contribution >= 0.6 is 0 Å². The summed E-state index contributed by atoms with van der Waals surface area (Å²) in [6.45, 7) is 0.461. The molecule has 0 aliphatic heterocycles. The number of benzene rings is 2. The van der Waals surface area contributed by atoms with E-state index in [0.29, 0.717) is 18.2 Å². The third-order valence-corrected chi connectivity index (χ3v) is 3.97. The summed E-state index contributed by atoms with van der Waals surface area (Å²) in [6.07, 6.45) is 4.31. The fourth-order valence-electron chi connectivity index (χ4n) is 2.59. The predicted molar refractivity (Wildman–Crippen MR) is 104 cm³/mol. The fourth-order valence-corrected chi connectivity index (χ4v) is 2.59. The van der Waals surface area contributed by atoms with Gasteiger partial charge in [0.05, 0.1) is 34.2 Å². The maximum Gasteiger partial charge on any atom is 0.318 e. The summed E-state index contributed by atoms with van der Waals surface area (Å²) in [6, 6.07) is 10.0. The number of rotatable bonds is 7. The Morgan fingerprint density at radius 3 is 2.67 bits per heavy atom. The highest BCUT2D eigenvalue weighted by atomic mass is 16.6. The topological polar surface area (TPSA) is 166 Å². The molecule has 0 fully saturated rings. The number of nitrogens with zero attached hydrogens (tertiary/aromatic N) is 5. The number of phenols is 1. The van der Waals surface area contributed by atoms with Crippen LogP contribution in [0, 0.1) is 20.2 Å². The quantitative estimate of drug-likeness (QED) is 0.342. The van der Waals surface area contributed by atoms with E-state index in [0.717, 1.165) is 17.8 Å². The number of amides is 1. The van der Waals surface area contributed by atoms with Crippen LogP contribution in [0.3, 0.4) is 0 Å². The number of carbonyl (C=O) groups is 1. The summed E-state index contributed by atoms with van der Waals surface area (Å²) in [7, 11) is 0. The van der Waals surface area contributed by atoms with Gasteiger partial charge in [0.25, 0.3) is 11.6 Å². The standard InChI is InChI=1S/C18H14N6O6/c25-17-14(8-15(23(27)28)9-16(17)24(29)30)10-19-21-18(26)13-4-1-3-12(7-13)11-22-6-2-5-20-22/h1-10,25H,11H2,(H,21,26)/b19-10-. The van der Waals surface area contributed by atoms with E-state index >= 15 is 0 Å². The van der Waals surface area contributed by atoms with Crippen molar-refractivity contribution in [3.05, 3.63) is 91.8 Å². The van der Waals surface area contributed by atoms with Crippen LogP contribution < -0.4 is 5.43 Å². The van der Waals surface area contributed by atoms with Gasteiger partial charge in [-0.3, -0.25) is 29.7 Å². The Bertz CT molecular complexity index is 1140. The highest BCUT2D eigenvalue weighted by Crippen LogP contribution is 2.33. The Balaban J connectivity index is 1.76. The molecule has 0 saturated carbocycles. The van der Waals surface area contributed by atoms with E-state index in [9.17, 15) is 30.1 Å². The largest absolute Gasteiger partial charge is 0.502 e. The van der Waals surface area contributed by atoms with Gasteiger partial charge < -0.3 is 5.11 Å². The van der Waals surface area contributed by atoms with E-state index in [4.69, 9.17) is 0 Å². The fraction of sp³-hybridized carbons (Fsp3) is 0.0556. The highest BCUT2D eigenvalue weighted by molar-refractivity contribution is 5.95. The van der Waals surface area contributed by atoms with E-state index in [2.05, 4.69) is 15.6 Å². The van der Waals surface area contributed by atoms with E-state index < -0.39 is 32.9 Å². The molecule has 0 radical (unpaired) electrons. The van der Waals surface area contributed by atoms with Crippen molar-refractivity contribution in [1.82, 2.24) is 15.2 Å². The second-order valence-electron chi connectivity index (χ2n) is 6.02. The van der Waals surface area contributed by atoms with Gasteiger partial charge in [-0.2, -0.15) is 10.2 Å². The van der Waals surface area contributed by atoms with Crippen molar-refractivity contribution >= 4 is 23.5 Å². The van der Waals surface area contributed by atoms with E-state index in [1.807, 2.05) is 6.07 Å². The summed E-state index contributed by atoms with van der Waals surface area (Å²) < 4.78 is 1.69. The molecule has 0 spiro atoms. The Hall–Kier alpha value is -4.61. The number of nitro groups is 2. The van der Waals surface area contributed by atoms with Crippen LogP contribution in [0.25, 0.3) is 0 Å². The first-order chi connectivity index (χ1) is 14.3. The number of phenolic OH excluding ortho intramolecular Hbond substituents is 1. The molecule has 0 aliphatic carbocycles. The zero-order valence-electron chi connectivity index (χ0n) is 15.2. The summed E-state index contributed by atoms with van der Waals surface area (Å²) in [5.74, 6) is -1.38. The maximum absolute atomic E-state index is 12.3. The molecule has 0 aliphatic rings. The van der Waals surface area contributed by atoms with Gasteiger partial charge in [0.2, 0.25) is 5.75 Å². The molecule has 1 aromatic heterocycles. The summed E-state index contributed by atoms with van der Waals surface area (Å²) >= 11 is 0. The summed E-state index contributed by atoms with van der Waals surface area (Å²) in [4.78, 5) is 32.4. The van der Waals surface area contributed by atoms with Crippen molar-refractivity contribution in [2.24, 2.45) is 5.10 Å². The van der Waals surface area contributed by atoms with Crippen LogP contribution in [0.15, 0.2) is 60.0 Å². The number of nitrogens with one attached hydrogen (secondary N) is 1. The number of aromatic hydroxyl groups is 1. The molecule has 152 valence electrons. The minimum absolute atomic E-state index is 0.288. The molecular weight excluding hydrogens is 396 g/mol. The van der Waals surface area contributed by atoms with E-state index in [1.54, 1.807) is 41.3 Å². The lowest BCUT2D eigenvalue weighted by atomic mass is 10.1. The normalized spacial score (nSPS) is 10.8. The second-order valence-corrected chi connectivity index (χ2v) is 6.02. The zero-order valence-corrected chi connectivity index (χ0v) is 15.2. The minimum Gasteiger partial charge on any atom is -0.502 e. The SMILES string of the molecule is O=C(N/N=C\c1cc([N+](=O)[O-])cc([N+](=O)[O-])c1O)c1cccc(Cn2cccn2)c1. The molecule has 0 unspecified atom stereocenters. The van der Waals surface area contributed by atoms with Crippen LogP contribution in [0.5, 0.6) is 5.75 Å². The molecule has 1 amide bonds. The van der Waals surface area contributed by atoms with Crippen molar-refractivity contribution < 1.29 is 19.7 Å². The summed E-state index contributed by atoms with van der Waals surface area (Å²) in [5, 5.41) is 39.6. The third-order valence-electron chi connectivity index (χ3n) is 3.97. The van der Waals surface area contributed by atoms with Gasteiger partial charge in [-0.05, 0) is 23.8 Å². The number of hydrogen-bond acceptors (Lipinski definition) is 8. The van der Waals surface area contributed by atoms with Crippen LogP contribution in [0.2, 0.25) is 0 Å². The van der Waals surface area contributed by atoms with E-state index in [1.165, 1.54) is 0 Å². The Kier molecular flexibility index (Phi) is 5.77. The lowest BCUT2D eigenvalue weighted by Gasteiger charge is -2.05. The third kappa shape index (κ3) is 4.62. The van der Waals surface area contributed by atoms with Crippen molar-refractivity contribution in [2.45, 2.75) is 6.54 Å². The molecule has 0 bridgehead atoms. The number of nitro benzene ring substituents is 2. The molecule has 2 aromatic carbocycles. The second kappa shape index (κ2) is 8.60. The molecule has 0 saturated heterocycles. The average Bonchev–Trinajstić information content (AvgIpc) is 3.22. The van der Waals surface area contributed by atoms with Crippen molar-refractivity contribution in [1.29, 1.82) is 0 Å². The van der Waals surface area contributed by atoms with Crippen molar-refractivity contribution in [3.8, 4) is 5.75 Å². The van der Waals surface area contributed by atoms with Crippen LogP contribution in [-0.2, 0) is 6.54 Å². The molecule has 3 rings (SSSR count). The molecule has 30 heavy (non-hydrogen) atoms. The smallest absolute Gasteiger partial charge is 0.318 e. The van der Waals surface area contributed by atoms with E-state index in [-0.39, 0.29) is 5.56 Å². The Labute approximate surface area is 168 Å². The number of aromatic nitrogens is 2. The molecule has 2 N–H and O–H groups in total. The van der Waals surface area contributed by atoms with Gasteiger partial charge in [-0.25, -0.2) is 5.43 Å². The first-order valence-corrected chi connectivity index (χ1v) is 8.40. The van der Waals surface area contributed by atoms with Gasteiger partial charge in [0, 0.05) is 24.0 Å². The van der Waals surface area contributed by atoms with Gasteiger partial charge in [0.1, 0.15) is 0 Å². The number of hydrazone groups is 1. The van der Waals surface area contributed by atoms with Crippen LogP contribution in [0.4, 0.5) is 11.4 Å². The highest BCUT2D eigenvalue weighted by Gasteiger charge is 2.23. The average molecular weight is 410 g/mol. The molecule has 12 heteroatoms. The Morgan fingerprint density at radius 2 is 2.00 bits per heavy atom. The monoisotopic (exact) mass is 410 g/mol. The van der Waals surface area contributed by atoms with Gasteiger partial charge in [-0.1, -0.05) is 12.1 Å². The summed E-state index contributed by atoms with van der Waals surface area (Å²) in [5.41, 5.74) is 1.60. The maximum atomic E-state index is 12.3. The molecule has 0 atom stereocenters. The molecule has 3 aromatic rings. The minimum atomic E-state index is -0.955. The lowest BCUT2D eigenvalue weighted by Crippen LogP contribution is -2.18. The molecule has 12 nitrogen and oxygen atoms in total. The number of carbonyl (C=O) groups excluding carboxylic acids is 1.